The first-order valence-corrected chi connectivity index (χ1v) is 17.1. The second-order valence-corrected chi connectivity index (χ2v) is 13.5. The first-order chi connectivity index (χ1) is 22.1. The predicted octanol–water partition coefficient (Wildman–Crippen LogP) is 6.35. The lowest BCUT2D eigenvalue weighted by molar-refractivity contribution is -0.140. The van der Waals surface area contributed by atoms with Gasteiger partial charge in [-0.15, -0.1) is 0 Å². The first kappa shape index (κ1) is 34.5. The van der Waals surface area contributed by atoms with Gasteiger partial charge in [0.1, 0.15) is 18.3 Å². The highest BCUT2D eigenvalue weighted by Crippen LogP contribution is 2.27. The fraction of sp³-hybridized carbons (Fsp3) is 0.278. The van der Waals surface area contributed by atoms with Crippen molar-refractivity contribution in [2.24, 2.45) is 5.92 Å². The maximum atomic E-state index is 14.5. The molecule has 4 aromatic carbocycles. The van der Waals surface area contributed by atoms with Crippen molar-refractivity contribution in [1.82, 2.24) is 10.2 Å². The number of halogens is 1. The fourth-order valence-corrected chi connectivity index (χ4v) is 6.58. The molecule has 0 radical (unpaired) electrons. The Morgan fingerprint density at radius 1 is 0.848 bits per heavy atom. The lowest BCUT2D eigenvalue weighted by atomic mass is 10.0. The van der Waals surface area contributed by atoms with Gasteiger partial charge in [-0.3, -0.25) is 13.9 Å². The molecule has 0 unspecified atom stereocenters. The maximum Gasteiger partial charge on any atom is 0.264 e. The summed E-state index contributed by atoms with van der Waals surface area (Å²) >= 11 is 6.31. The molecule has 0 heterocycles. The highest BCUT2D eigenvalue weighted by Gasteiger charge is 2.34. The van der Waals surface area contributed by atoms with Crippen LogP contribution in [-0.4, -0.2) is 50.9 Å². The number of amides is 2. The average molecular weight is 662 g/mol. The van der Waals surface area contributed by atoms with E-state index >= 15 is 0 Å². The summed E-state index contributed by atoms with van der Waals surface area (Å²) in [5, 5.41) is 3.47. The van der Waals surface area contributed by atoms with Crippen LogP contribution < -0.4 is 14.4 Å². The smallest absolute Gasteiger partial charge is 0.264 e. The Labute approximate surface area is 277 Å². The number of carbonyl (C=O) groups is 2. The van der Waals surface area contributed by atoms with Crippen molar-refractivity contribution >= 4 is 39.1 Å². The minimum Gasteiger partial charge on any atom is -0.494 e. The van der Waals surface area contributed by atoms with E-state index in [4.69, 9.17) is 16.3 Å². The van der Waals surface area contributed by atoms with Crippen molar-refractivity contribution in [3.63, 3.8) is 0 Å². The van der Waals surface area contributed by atoms with Gasteiger partial charge in [0.15, 0.2) is 0 Å². The third-order valence-corrected chi connectivity index (χ3v) is 9.27. The van der Waals surface area contributed by atoms with E-state index in [-0.39, 0.29) is 35.4 Å². The van der Waals surface area contributed by atoms with E-state index in [1.807, 2.05) is 57.2 Å². The van der Waals surface area contributed by atoms with E-state index in [1.165, 1.54) is 17.0 Å². The third-order valence-electron chi connectivity index (χ3n) is 7.24. The Morgan fingerprint density at radius 2 is 1.48 bits per heavy atom. The molecule has 0 spiro atoms. The molecule has 0 aliphatic heterocycles. The van der Waals surface area contributed by atoms with E-state index in [1.54, 1.807) is 60.7 Å². The van der Waals surface area contributed by atoms with Crippen LogP contribution in [0.2, 0.25) is 5.02 Å². The molecule has 10 heteroatoms. The van der Waals surface area contributed by atoms with Gasteiger partial charge in [0.25, 0.3) is 10.0 Å². The van der Waals surface area contributed by atoms with Gasteiger partial charge in [-0.25, -0.2) is 8.42 Å². The van der Waals surface area contributed by atoms with E-state index < -0.39 is 28.5 Å². The summed E-state index contributed by atoms with van der Waals surface area (Å²) in [6.45, 7) is 6.20. The van der Waals surface area contributed by atoms with Gasteiger partial charge >= 0.3 is 0 Å². The number of anilines is 1. The first-order valence-electron chi connectivity index (χ1n) is 15.2. The van der Waals surface area contributed by atoms with Crippen molar-refractivity contribution in [2.45, 2.75) is 44.7 Å². The topological polar surface area (TPSA) is 96.0 Å². The lowest BCUT2D eigenvalue weighted by Crippen LogP contribution is -2.53. The summed E-state index contributed by atoms with van der Waals surface area (Å²) in [4.78, 5) is 29.9. The van der Waals surface area contributed by atoms with Crippen molar-refractivity contribution in [3.8, 4) is 5.75 Å². The molecule has 242 valence electrons. The molecule has 0 aliphatic rings. The highest BCUT2D eigenvalue weighted by atomic mass is 35.5. The van der Waals surface area contributed by atoms with Crippen molar-refractivity contribution in [1.29, 1.82) is 0 Å². The van der Waals surface area contributed by atoms with E-state index in [0.717, 1.165) is 9.87 Å². The van der Waals surface area contributed by atoms with Gasteiger partial charge in [0.2, 0.25) is 11.8 Å². The van der Waals surface area contributed by atoms with Crippen LogP contribution in [0.1, 0.15) is 31.9 Å². The Balaban J connectivity index is 1.79. The summed E-state index contributed by atoms with van der Waals surface area (Å²) in [5.41, 5.74) is 1.85. The number of rotatable bonds is 15. The molecule has 4 aromatic rings. The summed E-state index contributed by atoms with van der Waals surface area (Å²) in [7, 11) is -4.19. The van der Waals surface area contributed by atoms with Gasteiger partial charge < -0.3 is 15.0 Å². The molecule has 1 atom stereocenters. The molecular weight excluding hydrogens is 622 g/mol. The predicted molar refractivity (Wildman–Crippen MR) is 182 cm³/mol. The quantitative estimate of drug-likeness (QED) is 0.160. The number of benzene rings is 4. The minimum absolute atomic E-state index is 0.0357. The zero-order valence-electron chi connectivity index (χ0n) is 26.3. The fourth-order valence-electron chi connectivity index (χ4n) is 4.93. The Hall–Kier alpha value is -4.34. The summed E-state index contributed by atoms with van der Waals surface area (Å²) in [6.07, 6.45) is 0.228. The molecule has 2 amide bonds. The molecule has 8 nitrogen and oxygen atoms in total. The lowest BCUT2D eigenvalue weighted by Gasteiger charge is -2.34. The van der Waals surface area contributed by atoms with Crippen molar-refractivity contribution < 1.29 is 22.7 Å². The molecule has 1 N–H and O–H groups in total. The molecule has 46 heavy (non-hydrogen) atoms. The number of nitrogens with one attached hydrogen (secondary N) is 1. The second-order valence-electron chi connectivity index (χ2n) is 11.2. The van der Waals surface area contributed by atoms with Gasteiger partial charge in [0, 0.05) is 24.5 Å². The number of hydrogen-bond acceptors (Lipinski definition) is 5. The maximum absolute atomic E-state index is 14.5. The number of carbonyl (C=O) groups excluding carboxylic acids is 2. The van der Waals surface area contributed by atoms with Crippen LogP contribution in [-0.2, 0) is 32.6 Å². The SMILES string of the molecule is CCOc1ccc(N(CC(=O)N(Cc2cccc(Cl)c2)[C@H](Cc2ccccc2)C(=O)NCC(C)C)S(=O)(=O)c2ccccc2)cc1. The molecular formula is C36H40ClN3O5S. The Bertz CT molecular complexity index is 1680. The Morgan fingerprint density at radius 3 is 2.09 bits per heavy atom. The Kier molecular flexibility index (Phi) is 12.2. The van der Waals surface area contributed by atoms with Crippen LogP contribution >= 0.6 is 11.6 Å². The number of hydrogen-bond donors (Lipinski definition) is 1. The molecule has 0 saturated carbocycles. The minimum atomic E-state index is -4.19. The van der Waals surface area contributed by atoms with Crippen LogP contribution in [0.4, 0.5) is 5.69 Å². The van der Waals surface area contributed by atoms with Gasteiger partial charge in [0.05, 0.1) is 17.2 Å². The van der Waals surface area contributed by atoms with E-state index in [2.05, 4.69) is 5.32 Å². The summed E-state index contributed by atoms with van der Waals surface area (Å²) < 4.78 is 34.9. The van der Waals surface area contributed by atoms with Crippen LogP contribution in [0.25, 0.3) is 0 Å². The van der Waals surface area contributed by atoms with Gasteiger partial charge in [-0.05, 0) is 72.5 Å². The zero-order valence-corrected chi connectivity index (χ0v) is 27.9. The number of nitrogens with zero attached hydrogens (tertiary/aromatic N) is 2. The summed E-state index contributed by atoms with van der Waals surface area (Å²) in [5.74, 6) is -0.119. The second kappa shape index (κ2) is 16.3. The monoisotopic (exact) mass is 661 g/mol. The van der Waals surface area contributed by atoms with Crippen LogP contribution in [0.3, 0.4) is 0 Å². The third kappa shape index (κ3) is 9.34. The number of sulfonamides is 1. The van der Waals surface area contributed by atoms with E-state index in [9.17, 15) is 18.0 Å². The van der Waals surface area contributed by atoms with E-state index in [0.29, 0.717) is 29.5 Å². The van der Waals surface area contributed by atoms with Crippen molar-refractivity contribution in [3.05, 3.63) is 125 Å². The standard InChI is InChI=1S/C36H40ClN3O5S/c1-4-45-32-20-18-31(19-21-32)40(46(43,44)33-16-9-6-10-17-33)26-35(41)39(25-29-14-11-15-30(37)22-29)34(36(42)38-24-27(2)3)23-28-12-7-5-8-13-28/h5-22,27,34H,4,23-26H2,1-3H3,(H,38,42)/t34-/m1/s1. The zero-order chi connectivity index (χ0) is 33.1. The highest BCUT2D eigenvalue weighted by molar-refractivity contribution is 7.92. The van der Waals surface area contributed by atoms with Gasteiger partial charge in [-0.2, -0.15) is 0 Å². The molecule has 0 aromatic heterocycles. The normalized spacial score (nSPS) is 11.9. The molecule has 0 bridgehead atoms. The van der Waals surface area contributed by atoms with Crippen LogP contribution in [0.5, 0.6) is 5.75 Å². The van der Waals surface area contributed by atoms with Crippen LogP contribution in [0, 0.1) is 5.92 Å². The average Bonchev–Trinajstić information content (AvgIpc) is 3.05. The van der Waals surface area contributed by atoms with Gasteiger partial charge in [-0.1, -0.05) is 86.1 Å². The molecule has 4 rings (SSSR count). The van der Waals surface area contributed by atoms with Crippen molar-refractivity contribution in [2.75, 3.05) is 24.0 Å². The molecule has 0 saturated heterocycles. The molecule has 0 fully saturated rings. The largest absolute Gasteiger partial charge is 0.494 e. The summed E-state index contributed by atoms with van der Waals surface area (Å²) in [6, 6.07) is 30.1. The molecule has 0 aliphatic carbocycles. The number of ether oxygens (including phenoxy) is 1. The van der Waals surface area contributed by atoms with Crippen LogP contribution in [0.15, 0.2) is 114 Å².